The standard InChI is InChI=1S/C17H30N2O3/c1-13(2)16(20)19-6-4-5-15(12-19)11-14(3)17(21)18-7-9-22-10-8-18/h13-15H,4-12H2,1-3H3. The SMILES string of the molecule is CC(C)C(=O)N1CCCC(CC(C)C(=O)N2CCOCC2)C1. The monoisotopic (exact) mass is 310 g/mol. The molecule has 22 heavy (non-hydrogen) atoms. The molecule has 2 heterocycles. The number of piperidine rings is 1. The smallest absolute Gasteiger partial charge is 0.225 e. The zero-order valence-corrected chi connectivity index (χ0v) is 14.2. The summed E-state index contributed by atoms with van der Waals surface area (Å²) in [4.78, 5) is 28.5. The van der Waals surface area contributed by atoms with E-state index in [0.717, 1.165) is 32.4 Å². The van der Waals surface area contributed by atoms with Crippen molar-refractivity contribution in [2.75, 3.05) is 39.4 Å². The largest absolute Gasteiger partial charge is 0.378 e. The van der Waals surface area contributed by atoms with Gasteiger partial charge < -0.3 is 14.5 Å². The Labute approximate surface area is 134 Å². The molecule has 2 aliphatic heterocycles. The summed E-state index contributed by atoms with van der Waals surface area (Å²) in [5.41, 5.74) is 0. The van der Waals surface area contributed by atoms with Gasteiger partial charge in [0.2, 0.25) is 11.8 Å². The van der Waals surface area contributed by atoms with Crippen molar-refractivity contribution < 1.29 is 14.3 Å². The number of rotatable bonds is 4. The van der Waals surface area contributed by atoms with Gasteiger partial charge in [-0.2, -0.15) is 0 Å². The van der Waals surface area contributed by atoms with Crippen LogP contribution in [0.5, 0.6) is 0 Å². The topological polar surface area (TPSA) is 49.9 Å². The highest BCUT2D eigenvalue weighted by Crippen LogP contribution is 2.25. The Balaban J connectivity index is 1.83. The second-order valence-electron chi connectivity index (χ2n) is 7.02. The van der Waals surface area contributed by atoms with E-state index in [4.69, 9.17) is 4.74 Å². The Morgan fingerprint density at radius 1 is 1.05 bits per heavy atom. The minimum absolute atomic E-state index is 0.0391. The first kappa shape index (κ1) is 17.3. The molecule has 0 bridgehead atoms. The van der Waals surface area contributed by atoms with Gasteiger partial charge in [-0.1, -0.05) is 20.8 Å². The molecule has 0 radical (unpaired) electrons. The summed E-state index contributed by atoms with van der Waals surface area (Å²) >= 11 is 0. The van der Waals surface area contributed by atoms with Crippen LogP contribution in [-0.4, -0.2) is 61.0 Å². The Morgan fingerprint density at radius 2 is 1.73 bits per heavy atom. The summed E-state index contributed by atoms with van der Waals surface area (Å²) in [5.74, 6) is 1.05. The maximum Gasteiger partial charge on any atom is 0.225 e. The average molecular weight is 310 g/mol. The third-order valence-corrected chi connectivity index (χ3v) is 4.76. The molecule has 126 valence electrons. The summed E-state index contributed by atoms with van der Waals surface area (Å²) in [6.07, 6.45) is 3.07. The van der Waals surface area contributed by atoms with E-state index in [9.17, 15) is 9.59 Å². The number of nitrogens with zero attached hydrogens (tertiary/aromatic N) is 2. The van der Waals surface area contributed by atoms with Gasteiger partial charge in [-0.3, -0.25) is 9.59 Å². The summed E-state index contributed by atoms with van der Waals surface area (Å²) in [7, 11) is 0. The fourth-order valence-electron chi connectivity index (χ4n) is 3.52. The zero-order valence-electron chi connectivity index (χ0n) is 14.2. The van der Waals surface area contributed by atoms with Gasteiger partial charge in [0.25, 0.3) is 0 Å². The van der Waals surface area contributed by atoms with Crippen molar-refractivity contribution in [3.05, 3.63) is 0 Å². The van der Waals surface area contributed by atoms with Crippen LogP contribution in [-0.2, 0) is 14.3 Å². The fourth-order valence-corrected chi connectivity index (χ4v) is 3.52. The minimum atomic E-state index is 0.0391. The molecule has 2 rings (SSSR count). The molecule has 2 unspecified atom stereocenters. The predicted octanol–water partition coefficient (Wildman–Crippen LogP) is 1.77. The van der Waals surface area contributed by atoms with Crippen LogP contribution in [0.25, 0.3) is 0 Å². The van der Waals surface area contributed by atoms with Crippen LogP contribution >= 0.6 is 0 Å². The third-order valence-electron chi connectivity index (χ3n) is 4.76. The van der Waals surface area contributed by atoms with Gasteiger partial charge in [-0.05, 0) is 25.2 Å². The summed E-state index contributed by atoms with van der Waals surface area (Å²) in [5, 5.41) is 0. The molecule has 0 aromatic heterocycles. The molecular formula is C17H30N2O3. The van der Waals surface area contributed by atoms with Gasteiger partial charge in [0, 0.05) is 38.0 Å². The van der Waals surface area contributed by atoms with E-state index in [-0.39, 0.29) is 23.7 Å². The molecule has 0 saturated carbocycles. The van der Waals surface area contributed by atoms with Gasteiger partial charge in [-0.25, -0.2) is 0 Å². The molecule has 0 aliphatic carbocycles. The van der Waals surface area contributed by atoms with Crippen LogP contribution in [0.3, 0.4) is 0 Å². The Hall–Kier alpha value is -1.10. The molecule has 2 amide bonds. The van der Waals surface area contributed by atoms with Gasteiger partial charge in [0.15, 0.2) is 0 Å². The molecule has 2 fully saturated rings. The number of amides is 2. The van der Waals surface area contributed by atoms with Crippen molar-refractivity contribution >= 4 is 11.8 Å². The van der Waals surface area contributed by atoms with Crippen LogP contribution < -0.4 is 0 Å². The van der Waals surface area contributed by atoms with Crippen molar-refractivity contribution in [1.29, 1.82) is 0 Å². The lowest BCUT2D eigenvalue weighted by molar-refractivity contribution is -0.140. The molecule has 0 aromatic carbocycles. The lowest BCUT2D eigenvalue weighted by atomic mass is 9.88. The second kappa shape index (κ2) is 7.95. The van der Waals surface area contributed by atoms with Crippen molar-refractivity contribution in [2.24, 2.45) is 17.8 Å². The Morgan fingerprint density at radius 3 is 2.36 bits per heavy atom. The lowest BCUT2D eigenvalue weighted by Gasteiger charge is -2.36. The molecule has 5 heteroatoms. The Bertz CT molecular complexity index is 391. The number of carbonyl (C=O) groups excluding carboxylic acids is 2. The highest BCUT2D eigenvalue weighted by Gasteiger charge is 2.29. The van der Waals surface area contributed by atoms with E-state index >= 15 is 0 Å². The fraction of sp³-hybridized carbons (Fsp3) is 0.882. The molecule has 0 spiro atoms. The maximum atomic E-state index is 12.5. The predicted molar refractivity (Wildman–Crippen MR) is 85.3 cm³/mol. The van der Waals surface area contributed by atoms with E-state index in [2.05, 4.69) is 0 Å². The van der Waals surface area contributed by atoms with Gasteiger partial charge in [-0.15, -0.1) is 0 Å². The molecule has 2 atom stereocenters. The summed E-state index contributed by atoms with van der Waals surface area (Å²) < 4.78 is 5.30. The van der Waals surface area contributed by atoms with Crippen LogP contribution in [0.1, 0.15) is 40.0 Å². The second-order valence-corrected chi connectivity index (χ2v) is 7.02. The zero-order chi connectivity index (χ0) is 16.1. The van der Waals surface area contributed by atoms with E-state index in [1.54, 1.807) is 0 Å². The first-order valence-corrected chi connectivity index (χ1v) is 8.64. The Kier molecular flexibility index (Phi) is 6.24. The van der Waals surface area contributed by atoms with Crippen molar-refractivity contribution in [3.8, 4) is 0 Å². The number of ether oxygens (including phenoxy) is 1. The normalized spacial score (nSPS) is 24.5. The van der Waals surface area contributed by atoms with Gasteiger partial charge in [0.1, 0.15) is 0 Å². The van der Waals surface area contributed by atoms with E-state index < -0.39 is 0 Å². The first-order valence-electron chi connectivity index (χ1n) is 8.64. The third kappa shape index (κ3) is 4.45. The van der Waals surface area contributed by atoms with E-state index in [1.165, 1.54) is 0 Å². The van der Waals surface area contributed by atoms with Crippen molar-refractivity contribution in [3.63, 3.8) is 0 Å². The number of morpholine rings is 1. The van der Waals surface area contributed by atoms with Crippen LogP contribution in [0.15, 0.2) is 0 Å². The van der Waals surface area contributed by atoms with Crippen molar-refractivity contribution in [1.82, 2.24) is 9.80 Å². The molecule has 2 saturated heterocycles. The summed E-state index contributed by atoms with van der Waals surface area (Å²) in [6.45, 7) is 10.4. The van der Waals surface area contributed by atoms with Crippen LogP contribution in [0.4, 0.5) is 0 Å². The number of hydrogen-bond acceptors (Lipinski definition) is 3. The lowest BCUT2D eigenvalue weighted by Crippen LogP contribution is -2.45. The average Bonchev–Trinajstić information content (AvgIpc) is 2.54. The van der Waals surface area contributed by atoms with Gasteiger partial charge in [0.05, 0.1) is 13.2 Å². The molecule has 0 N–H and O–H groups in total. The minimum Gasteiger partial charge on any atom is -0.378 e. The van der Waals surface area contributed by atoms with Gasteiger partial charge >= 0.3 is 0 Å². The summed E-state index contributed by atoms with van der Waals surface area (Å²) in [6, 6.07) is 0. The highest BCUT2D eigenvalue weighted by atomic mass is 16.5. The van der Waals surface area contributed by atoms with Crippen molar-refractivity contribution in [2.45, 2.75) is 40.0 Å². The van der Waals surface area contributed by atoms with E-state index in [1.807, 2.05) is 30.6 Å². The number of hydrogen-bond donors (Lipinski definition) is 0. The molecular weight excluding hydrogens is 280 g/mol. The number of carbonyl (C=O) groups is 2. The first-order chi connectivity index (χ1) is 10.5. The van der Waals surface area contributed by atoms with Crippen LogP contribution in [0, 0.1) is 17.8 Å². The van der Waals surface area contributed by atoms with Crippen LogP contribution in [0.2, 0.25) is 0 Å². The van der Waals surface area contributed by atoms with E-state index in [0.29, 0.717) is 32.2 Å². The molecule has 2 aliphatic rings. The quantitative estimate of drug-likeness (QED) is 0.795. The highest BCUT2D eigenvalue weighted by molar-refractivity contribution is 5.79. The molecule has 0 aromatic rings. The number of likely N-dealkylation sites (tertiary alicyclic amines) is 1. The molecule has 5 nitrogen and oxygen atoms in total. The maximum absolute atomic E-state index is 12.5.